The van der Waals surface area contributed by atoms with Crippen LogP contribution in [0.5, 0.6) is 5.75 Å². The summed E-state index contributed by atoms with van der Waals surface area (Å²) in [4.78, 5) is 12.2. The normalized spacial score (nSPS) is 10.7. The van der Waals surface area contributed by atoms with E-state index in [1.807, 2.05) is 6.92 Å². The average Bonchev–Trinajstić information content (AvgIpc) is 2.86. The first-order valence-corrected chi connectivity index (χ1v) is 5.72. The summed E-state index contributed by atoms with van der Waals surface area (Å²) in [5, 5.41) is 3.98. The van der Waals surface area contributed by atoms with Crippen LogP contribution in [-0.2, 0) is 6.54 Å². The fourth-order valence-electron chi connectivity index (χ4n) is 1.66. The molecule has 0 saturated carbocycles. The molecule has 0 amide bonds. The number of ketones is 1. The van der Waals surface area contributed by atoms with Crippen molar-refractivity contribution in [2.45, 2.75) is 20.1 Å². The number of rotatable bonds is 5. The molecule has 1 aromatic carbocycles. The third-order valence-electron chi connectivity index (χ3n) is 2.57. The van der Waals surface area contributed by atoms with Crippen LogP contribution in [0.3, 0.4) is 0 Å². The molecule has 0 radical (unpaired) electrons. The van der Waals surface area contributed by atoms with Crippen molar-refractivity contribution in [3.05, 3.63) is 47.8 Å². The van der Waals surface area contributed by atoms with Gasteiger partial charge in [-0.3, -0.25) is 9.48 Å². The number of alkyl halides is 2. The minimum atomic E-state index is -2.97. The smallest absolute Gasteiger partial charge is 0.387 e. The monoisotopic (exact) mass is 266 g/mol. The zero-order valence-corrected chi connectivity index (χ0v) is 10.2. The van der Waals surface area contributed by atoms with Gasteiger partial charge in [-0.15, -0.1) is 0 Å². The van der Waals surface area contributed by atoms with Crippen LogP contribution >= 0.6 is 0 Å². The average molecular weight is 266 g/mol. The van der Waals surface area contributed by atoms with Crippen molar-refractivity contribution in [2.24, 2.45) is 0 Å². The first-order chi connectivity index (χ1) is 9.11. The van der Waals surface area contributed by atoms with Gasteiger partial charge in [0.1, 0.15) is 5.75 Å². The van der Waals surface area contributed by atoms with E-state index in [9.17, 15) is 13.6 Å². The lowest BCUT2D eigenvalue weighted by atomic mass is 10.1. The largest absolute Gasteiger partial charge is 0.434 e. The van der Waals surface area contributed by atoms with Gasteiger partial charge in [0.2, 0.25) is 0 Å². The molecule has 6 heteroatoms. The maximum absolute atomic E-state index is 12.3. The zero-order chi connectivity index (χ0) is 13.8. The number of carbonyl (C=O) groups is 1. The Morgan fingerprint density at radius 3 is 2.79 bits per heavy atom. The van der Waals surface area contributed by atoms with Gasteiger partial charge in [0, 0.05) is 12.7 Å². The molecule has 0 saturated heterocycles. The van der Waals surface area contributed by atoms with E-state index in [4.69, 9.17) is 0 Å². The molecule has 19 heavy (non-hydrogen) atoms. The quantitative estimate of drug-likeness (QED) is 0.781. The van der Waals surface area contributed by atoms with Crippen molar-refractivity contribution in [3.63, 3.8) is 0 Å². The van der Waals surface area contributed by atoms with Gasteiger partial charge in [-0.25, -0.2) is 0 Å². The highest BCUT2D eigenvalue weighted by Gasteiger charge is 2.17. The van der Waals surface area contributed by atoms with E-state index >= 15 is 0 Å². The van der Waals surface area contributed by atoms with E-state index < -0.39 is 12.4 Å². The Morgan fingerprint density at radius 1 is 1.42 bits per heavy atom. The van der Waals surface area contributed by atoms with Crippen LogP contribution in [0.15, 0.2) is 36.7 Å². The SMILES string of the molecule is CCn1cc(C(=O)c2ccccc2OC(F)F)cn1. The highest BCUT2D eigenvalue weighted by atomic mass is 19.3. The van der Waals surface area contributed by atoms with Gasteiger partial charge in [-0.2, -0.15) is 13.9 Å². The van der Waals surface area contributed by atoms with Crippen molar-refractivity contribution < 1.29 is 18.3 Å². The number of hydrogen-bond acceptors (Lipinski definition) is 3. The second-order valence-corrected chi connectivity index (χ2v) is 3.79. The molecular weight excluding hydrogens is 254 g/mol. The van der Waals surface area contributed by atoms with Gasteiger partial charge in [-0.05, 0) is 19.1 Å². The van der Waals surface area contributed by atoms with Gasteiger partial charge in [-0.1, -0.05) is 12.1 Å². The number of aryl methyl sites for hydroxylation is 1. The number of para-hydroxylation sites is 1. The van der Waals surface area contributed by atoms with Gasteiger partial charge in [0.25, 0.3) is 0 Å². The summed E-state index contributed by atoms with van der Waals surface area (Å²) in [5.74, 6) is -0.525. The molecule has 0 aliphatic rings. The molecule has 100 valence electrons. The highest BCUT2D eigenvalue weighted by Crippen LogP contribution is 2.23. The van der Waals surface area contributed by atoms with Crippen molar-refractivity contribution >= 4 is 5.78 Å². The first kappa shape index (κ1) is 13.2. The maximum Gasteiger partial charge on any atom is 0.387 e. The van der Waals surface area contributed by atoms with E-state index in [0.717, 1.165) is 0 Å². The van der Waals surface area contributed by atoms with Crippen LogP contribution < -0.4 is 4.74 Å². The number of carbonyl (C=O) groups excluding carboxylic acids is 1. The van der Waals surface area contributed by atoms with Crippen LogP contribution in [0.4, 0.5) is 8.78 Å². The molecule has 2 aromatic rings. The van der Waals surface area contributed by atoms with E-state index in [0.29, 0.717) is 12.1 Å². The Labute approximate surface area is 108 Å². The number of halogens is 2. The highest BCUT2D eigenvalue weighted by molar-refractivity contribution is 6.10. The second kappa shape index (κ2) is 5.60. The summed E-state index contributed by atoms with van der Waals surface area (Å²) in [6.07, 6.45) is 2.98. The first-order valence-electron chi connectivity index (χ1n) is 5.72. The summed E-state index contributed by atoms with van der Waals surface area (Å²) >= 11 is 0. The van der Waals surface area contributed by atoms with Gasteiger partial charge in [0.05, 0.1) is 17.3 Å². The Kier molecular flexibility index (Phi) is 3.89. The summed E-state index contributed by atoms with van der Waals surface area (Å²) in [6.45, 7) is -0.454. The lowest BCUT2D eigenvalue weighted by molar-refractivity contribution is -0.0501. The number of nitrogens with zero attached hydrogens (tertiary/aromatic N) is 2. The molecule has 0 fully saturated rings. The Morgan fingerprint density at radius 2 is 2.16 bits per heavy atom. The third kappa shape index (κ3) is 2.96. The molecule has 1 heterocycles. The topological polar surface area (TPSA) is 44.1 Å². The van der Waals surface area contributed by atoms with Crippen LogP contribution in [0.1, 0.15) is 22.8 Å². The molecule has 0 aliphatic heterocycles. The Bertz CT molecular complexity index is 582. The molecule has 0 bridgehead atoms. The van der Waals surface area contributed by atoms with Gasteiger partial charge in [0.15, 0.2) is 5.78 Å². The predicted molar refractivity (Wildman–Crippen MR) is 64.4 cm³/mol. The van der Waals surface area contributed by atoms with Crippen molar-refractivity contribution in [2.75, 3.05) is 0 Å². The summed E-state index contributed by atoms with van der Waals surface area (Å²) in [6, 6.07) is 5.91. The van der Waals surface area contributed by atoms with Crippen molar-refractivity contribution in [1.29, 1.82) is 0 Å². The summed E-state index contributed by atoms with van der Waals surface area (Å²) < 4.78 is 30.5. The number of ether oxygens (including phenoxy) is 1. The molecule has 2 rings (SSSR count). The van der Waals surface area contributed by atoms with Gasteiger partial charge >= 0.3 is 6.61 Å². The minimum absolute atomic E-state index is 0.0958. The zero-order valence-electron chi connectivity index (χ0n) is 10.2. The van der Waals surface area contributed by atoms with E-state index in [2.05, 4.69) is 9.84 Å². The van der Waals surface area contributed by atoms with Crippen LogP contribution in [-0.4, -0.2) is 22.2 Å². The number of benzene rings is 1. The molecule has 0 aliphatic carbocycles. The molecular formula is C13H12F2N2O2. The van der Waals surface area contributed by atoms with E-state index in [1.54, 1.807) is 16.9 Å². The summed E-state index contributed by atoms with van der Waals surface area (Å²) in [5.41, 5.74) is 0.436. The summed E-state index contributed by atoms with van der Waals surface area (Å²) in [7, 11) is 0. The van der Waals surface area contributed by atoms with Crippen LogP contribution in [0, 0.1) is 0 Å². The van der Waals surface area contributed by atoms with Gasteiger partial charge < -0.3 is 4.74 Å². The Balaban J connectivity index is 2.32. The molecule has 4 nitrogen and oxygen atoms in total. The minimum Gasteiger partial charge on any atom is -0.434 e. The van der Waals surface area contributed by atoms with Crippen molar-refractivity contribution in [3.8, 4) is 5.75 Å². The predicted octanol–water partition coefficient (Wildman–Crippen LogP) is 2.74. The van der Waals surface area contributed by atoms with E-state index in [-0.39, 0.29) is 11.3 Å². The van der Waals surface area contributed by atoms with Crippen LogP contribution in [0.25, 0.3) is 0 Å². The Hall–Kier alpha value is -2.24. The number of hydrogen-bond donors (Lipinski definition) is 0. The third-order valence-corrected chi connectivity index (χ3v) is 2.57. The molecule has 0 unspecified atom stereocenters. The fraction of sp³-hybridized carbons (Fsp3) is 0.231. The van der Waals surface area contributed by atoms with E-state index in [1.165, 1.54) is 24.4 Å². The van der Waals surface area contributed by atoms with Crippen LogP contribution in [0.2, 0.25) is 0 Å². The van der Waals surface area contributed by atoms with Crippen molar-refractivity contribution in [1.82, 2.24) is 9.78 Å². The lowest BCUT2D eigenvalue weighted by Gasteiger charge is -2.08. The fourth-order valence-corrected chi connectivity index (χ4v) is 1.66. The molecule has 0 N–H and O–H groups in total. The second-order valence-electron chi connectivity index (χ2n) is 3.79. The standard InChI is InChI=1S/C13H12F2N2O2/c1-2-17-8-9(7-16-17)12(18)10-5-3-4-6-11(10)19-13(14)15/h3-8,13H,2H2,1H3. The molecule has 0 spiro atoms. The molecule has 1 aromatic heterocycles. The molecule has 0 atom stereocenters. The maximum atomic E-state index is 12.3. The lowest BCUT2D eigenvalue weighted by Crippen LogP contribution is -2.08. The number of aromatic nitrogens is 2.